The van der Waals surface area contributed by atoms with Crippen molar-refractivity contribution in [2.24, 2.45) is 0 Å². The van der Waals surface area contributed by atoms with Gasteiger partial charge in [0.05, 0.1) is 16.3 Å². The van der Waals surface area contributed by atoms with Crippen LogP contribution in [-0.4, -0.2) is 26.4 Å². The summed E-state index contributed by atoms with van der Waals surface area (Å²) in [5.74, 6) is -0.389. The van der Waals surface area contributed by atoms with Gasteiger partial charge in [-0.25, -0.2) is 13.4 Å². The molecule has 1 heterocycles. The Morgan fingerprint density at radius 1 is 1.17 bits per heavy atom. The summed E-state index contributed by atoms with van der Waals surface area (Å²) >= 11 is 7.45. The van der Waals surface area contributed by atoms with Gasteiger partial charge < -0.3 is 0 Å². The van der Waals surface area contributed by atoms with Crippen LogP contribution < -0.4 is 9.62 Å². The Labute approximate surface area is 178 Å². The smallest absolute Gasteiger partial charge is 0.264 e. The number of thiazole rings is 1. The molecule has 0 spiro atoms. The number of sulfonamides is 1. The van der Waals surface area contributed by atoms with E-state index in [-0.39, 0.29) is 16.4 Å². The Balaban J connectivity index is 1.57. The second-order valence-corrected chi connectivity index (χ2v) is 10.2. The fraction of sp³-hybridized carbons (Fsp3) is 0.200. The van der Waals surface area contributed by atoms with Gasteiger partial charge in [0.1, 0.15) is 0 Å². The van der Waals surface area contributed by atoms with E-state index >= 15 is 0 Å². The zero-order valence-corrected chi connectivity index (χ0v) is 17.9. The van der Waals surface area contributed by atoms with E-state index in [0.717, 1.165) is 29.3 Å². The highest BCUT2D eigenvalue weighted by molar-refractivity contribution is 7.92. The van der Waals surface area contributed by atoms with Gasteiger partial charge in [0.15, 0.2) is 5.13 Å². The molecule has 0 saturated heterocycles. The van der Waals surface area contributed by atoms with E-state index in [4.69, 9.17) is 11.6 Å². The van der Waals surface area contributed by atoms with Crippen LogP contribution in [0.4, 0.5) is 10.8 Å². The molecule has 1 N–H and O–H groups in total. The minimum atomic E-state index is -3.85. The maximum absolute atomic E-state index is 13.0. The van der Waals surface area contributed by atoms with Crippen molar-refractivity contribution < 1.29 is 13.2 Å². The predicted molar refractivity (Wildman–Crippen MR) is 116 cm³/mol. The molecule has 1 aromatic heterocycles. The number of hydrogen-bond donors (Lipinski definition) is 1. The van der Waals surface area contributed by atoms with Gasteiger partial charge >= 0.3 is 0 Å². The molecule has 2 aromatic carbocycles. The number of carbonyl (C=O) groups is 1. The topological polar surface area (TPSA) is 79.4 Å². The minimum absolute atomic E-state index is 0.0225. The Morgan fingerprint density at radius 2 is 1.97 bits per heavy atom. The maximum Gasteiger partial charge on any atom is 0.264 e. The summed E-state index contributed by atoms with van der Waals surface area (Å²) in [6, 6.07) is 12.5. The van der Waals surface area contributed by atoms with Crippen LogP contribution in [0.2, 0.25) is 5.02 Å². The summed E-state index contributed by atoms with van der Waals surface area (Å²) in [5, 5.41) is 3.76. The lowest BCUT2D eigenvalue weighted by molar-refractivity contribution is 0.102. The highest BCUT2D eigenvalue weighted by Gasteiger charge is 2.23. The molecule has 9 heteroatoms. The van der Waals surface area contributed by atoms with Gasteiger partial charge in [-0.3, -0.25) is 14.4 Å². The summed E-state index contributed by atoms with van der Waals surface area (Å²) in [7, 11) is -2.40. The molecule has 1 aliphatic rings. The number of fused-ring (bicyclic) bond motifs is 1. The third kappa shape index (κ3) is 4.01. The van der Waals surface area contributed by atoms with Crippen LogP contribution in [0.5, 0.6) is 0 Å². The van der Waals surface area contributed by atoms with Crippen molar-refractivity contribution in [3.63, 3.8) is 0 Å². The molecule has 0 aliphatic heterocycles. The number of halogens is 1. The van der Waals surface area contributed by atoms with Crippen LogP contribution in [0.15, 0.2) is 53.4 Å². The van der Waals surface area contributed by atoms with Crippen LogP contribution in [0.1, 0.15) is 27.3 Å². The number of carbonyl (C=O) groups excluding carboxylic acids is 1. The number of nitrogens with one attached hydrogen (secondary N) is 1. The Morgan fingerprint density at radius 3 is 2.72 bits per heavy atom. The zero-order valence-electron chi connectivity index (χ0n) is 15.6. The first-order chi connectivity index (χ1) is 13.8. The van der Waals surface area contributed by atoms with Crippen molar-refractivity contribution in [3.8, 4) is 0 Å². The average molecular weight is 448 g/mol. The number of nitrogens with zero attached hydrogens (tertiary/aromatic N) is 2. The lowest BCUT2D eigenvalue weighted by Gasteiger charge is -2.20. The Bertz CT molecular complexity index is 1170. The summed E-state index contributed by atoms with van der Waals surface area (Å²) < 4.78 is 27.2. The number of aromatic nitrogens is 1. The van der Waals surface area contributed by atoms with Crippen LogP contribution >= 0.6 is 22.9 Å². The average Bonchev–Trinajstić information content (AvgIpc) is 3.29. The molecule has 150 valence electrons. The summed E-state index contributed by atoms with van der Waals surface area (Å²) in [4.78, 5) is 18.3. The number of aryl methyl sites for hydroxylation is 2. The van der Waals surface area contributed by atoms with Gasteiger partial charge in [0.25, 0.3) is 15.9 Å². The monoisotopic (exact) mass is 447 g/mol. The van der Waals surface area contributed by atoms with Crippen molar-refractivity contribution in [1.29, 1.82) is 0 Å². The standard InChI is InChI=1S/C20H18ClN3O3S2/c1-24(15-7-3-6-14(21)12-15)29(26,27)16-8-2-5-13(11-16)19(25)23-20-22-17-9-4-10-18(17)28-20/h2-3,5-8,11-12H,4,9-10H2,1H3,(H,22,23,25). The molecule has 0 atom stereocenters. The first kappa shape index (κ1) is 19.9. The predicted octanol–water partition coefficient (Wildman–Crippen LogP) is 4.36. The molecule has 4 rings (SSSR count). The molecular weight excluding hydrogens is 430 g/mol. The number of benzene rings is 2. The first-order valence-corrected chi connectivity index (χ1v) is 11.6. The lowest BCUT2D eigenvalue weighted by Crippen LogP contribution is -2.26. The molecule has 0 bridgehead atoms. The molecular formula is C20H18ClN3O3S2. The van der Waals surface area contributed by atoms with Gasteiger partial charge in [0.2, 0.25) is 0 Å². The SMILES string of the molecule is CN(c1cccc(Cl)c1)S(=O)(=O)c1cccc(C(=O)Nc2nc3c(s2)CCC3)c1. The second kappa shape index (κ2) is 7.78. The van der Waals surface area contributed by atoms with Crippen LogP contribution in [-0.2, 0) is 22.9 Å². The molecule has 1 aliphatic carbocycles. The van der Waals surface area contributed by atoms with Crippen molar-refractivity contribution >= 4 is 49.7 Å². The second-order valence-electron chi connectivity index (χ2n) is 6.68. The van der Waals surface area contributed by atoms with E-state index in [9.17, 15) is 13.2 Å². The minimum Gasteiger partial charge on any atom is -0.298 e. The third-order valence-corrected chi connectivity index (χ3v) is 7.83. The van der Waals surface area contributed by atoms with E-state index in [2.05, 4.69) is 10.3 Å². The number of hydrogen-bond acceptors (Lipinski definition) is 5. The van der Waals surface area contributed by atoms with Crippen molar-refractivity contribution in [3.05, 3.63) is 69.7 Å². The van der Waals surface area contributed by atoms with Crippen LogP contribution in [0.25, 0.3) is 0 Å². The number of anilines is 2. The first-order valence-electron chi connectivity index (χ1n) is 8.99. The van der Waals surface area contributed by atoms with E-state index in [1.54, 1.807) is 36.4 Å². The van der Waals surface area contributed by atoms with Gasteiger partial charge in [-0.15, -0.1) is 11.3 Å². The van der Waals surface area contributed by atoms with Crippen LogP contribution in [0, 0.1) is 0 Å². The molecule has 0 radical (unpaired) electrons. The highest BCUT2D eigenvalue weighted by atomic mass is 35.5. The Hall–Kier alpha value is -2.42. The lowest BCUT2D eigenvalue weighted by atomic mass is 10.2. The van der Waals surface area contributed by atoms with Crippen molar-refractivity contribution in [2.45, 2.75) is 24.2 Å². The third-order valence-electron chi connectivity index (χ3n) is 4.74. The summed E-state index contributed by atoms with van der Waals surface area (Å²) in [6.07, 6.45) is 3.03. The molecule has 0 unspecified atom stereocenters. The van der Waals surface area contributed by atoms with Crippen molar-refractivity contribution in [1.82, 2.24) is 4.98 Å². The fourth-order valence-electron chi connectivity index (χ4n) is 3.18. The molecule has 6 nitrogen and oxygen atoms in total. The van der Waals surface area contributed by atoms with Crippen molar-refractivity contribution in [2.75, 3.05) is 16.7 Å². The summed E-state index contributed by atoms with van der Waals surface area (Å²) in [6.45, 7) is 0. The quantitative estimate of drug-likeness (QED) is 0.630. The fourth-order valence-corrected chi connectivity index (χ4v) is 5.64. The summed E-state index contributed by atoms with van der Waals surface area (Å²) in [5.41, 5.74) is 1.73. The number of rotatable bonds is 5. The maximum atomic E-state index is 13.0. The van der Waals surface area contributed by atoms with E-state index in [0.29, 0.717) is 15.8 Å². The van der Waals surface area contributed by atoms with E-state index in [1.807, 2.05) is 0 Å². The van der Waals surface area contributed by atoms with Gasteiger partial charge in [-0.05, 0) is 55.7 Å². The van der Waals surface area contributed by atoms with Crippen LogP contribution in [0.3, 0.4) is 0 Å². The van der Waals surface area contributed by atoms with E-state index in [1.165, 1.54) is 35.4 Å². The Kier molecular flexibility index (Phi) is 5.33. The van der Waals surface area contributed by atoms with Gasteiger partial charge in [0, 0.05) is 22.5 Å². The highest BCUT2D eigenvalue weighted by Crippen LogP contribution is 2.31. The molecule has 0 fully saturated rings. The molecule has 0 saturated carbocycles. The van der Waals surface area contributed by atoms with E-state index < -0.39 is 10.0 Å². The van der Waals surface area contributed by atoms with Gasteiger partial charge in [-0.2, -0.15) is 0 Å². The van der Waals surface area contributed by atoms with Gasteiger partial charge in [-0.1, -0.05) is 23.7 Å². The zero-order chi connectivity index (χ0) is 20.6. The molecule has 29 heavy (non-hydrogen) atoms. The molecule has 3 aromatic rings. The normalized spacial score (nSPS) is 13.2. The number of amides is 1. The largest absolute Gasteiger partial charge is 0.298 e. The molecule has 1 amide bonds.